The van der Waals surface area contributed by atoms with E-state index in [9.17, 15) is 0 Å². The maximum Gasteiger partial charge on any atom is 0.261 e. The molecular formula is C13H19N3O3. The number of aromatic nitrogens is 2. The molecule has 2 aromatic rings. The molecule has 6 heteroatoms. The Bertz CT molecular complexity index is 519. The summed E-state index contributed by atoms with van der Waals surface area (Å²) >= 11 is 0. The van der Waals surface area contributed by atoms with E-state index in [-0.39, 0.29) is 6.10 Å². The molecule has 0 amide bonds. The van der Waals surface area contributed by atoms with Crippen molar-refractivity contribution in [2.45, 2.75) is 39.3 Å². The quantitative estimate of drug-likeness (QED) is 0.862. The van der Waals surface area contributed by atoms with Gasteiger partial charge < -0.3 is 19.4 Å². The predicted octanol–water partition coefficient (Wildman–Crippen LogP) is 2.32. The van der Waals surface area contributed by atoms with Crippen molar-refractivity contribution in [3.63, 3.8) is 0 Å². The third kappa shape index (κ3) is 3.21. The molecule has 0 aromatic carbocycles. The second kappa shape index (κ2) is 5.99. The number of ether oxygens (including phenoxy) is 1. The fourth-order valence-electron chi connectivity index (χ4n) is 1.67. The second-order valence-electron chi connectivity index (χ2n) is 4.56. The summed E-state index contributed by atoms with van der Waals surface area (Å²) in [6.07, 6.45) is 2.50. The van der Waals surface area contributed by atoms with Crippen LogP contribution >= 0.6 is 0 Å². The van der Waals surface area contributed by atoms with Crippen LogP contribution in [0.15, 0.2) is 21.3 Å². The number of nitrogens with two attached hydrogens (primary N) is 1. The van der Waals surface area contributed by atoms with Gasteiger partial charge in [0.05, 0.1) is 30.6 Å². The first kappa shape index (κ1) is 13.8. The smallest absolute Gasteiger partial charge is 0.261 e. The Labute approximate surface area is 111 Å². The summed E-state index contributed by atoms with van der Waals surface area (Å²) in [6, 6.07) is 1.42. The van der Waals surface area contributed by atoms with Gasteiger partial charge in [0.2, 0.25) is 0 Å². The van der Waals surface area contributed by atoms with Gasteiger partial charge in [-0.1, -0.05) is 12.1 Å². The topological polar surface area (TPSA) is 87.3 Å². The number of hydrogen-bond acceptors (Lipinski definition) is 6. The van der Waals surface area contributed by atoms with Crippen molar-refractivity contribution < 1.29 is 13.7 Å². The Balaban J connectivity index is 2.10. The number of hydrogen-bond donors (Lipinski definition) is 1. The molecule has 2 heterocycles. The molecule has 0 radical (unpaired) electrons. The Morgan fingerprint density at radius 2 is 2.21 bits per heavy atom. The van der Waals surface area contributed by atoms with Gasteiger partial charge >= 0.3 is 0 Å². The van der Waals surface area contributed by atoms with Crippen LogP contribution in [-0.2, 0) is 11.2 Å². The molecule has 104 valence electrons. The highest BCUT2D eigenvalue weighted by atomic mass is 16.5. The first-order valence-corrected chi connectivity index (χ1v) is 6.39. The van der Waals surface area contributed by atoms with Gasteiger partial charge in [-0.15, -0.1) is 0 Å². The highest BCUT2D eigenvalue weighted by Gasteiger charge is 2.18. The first-order valence-electron chi connectivity index (χ1n) is 6.39. The summed E-state index contributed by atoms with van der Waals surface area (Å²) in [4.78, 5) is 4.30. The molecule has 1 atom stereocenters. The minimum absolute atomic E-state index is 0.123. The molecule has 0 spiro atoms. The molecule has 0 saturated carbocycles. The van der Waals surface area contributed by atoms with Gasteiger partial charge in [-0.25, -0.2) is 0 Å². The van der Waals surface area contributed by atoms with Crippen molar-refractivity contribution in [3.8, 4) is 11.5 Å². The lowest BCUT2D eigenvalue weighted by Gasteiger charge is -2.10. The van der Waals surface area contributed by atoms with E-state index < -0.39 is 6.04 Å². The van der Waals surface area contributed by atoms with Crippen LogP contribution in [0, 0.1) is 0 Å². The van der Waals surface area contributed by atoms with Crippen molar-refractivity contribution in [2.24, 2.45) is 5.73 Å². The number of aryl methyl sites for hydroxylation is 1. The van der Waals surface area contributed by atoms with E-state index in [1.165, 1.54) is 0 Å². The highest BCUT2D eigenvalue weighted by molar-refractivity contribution is 5.55. The summed E-state index contributed by atoms with van der Waals surface area (Å²) in [5.41, 5.74) is 6.76. The van der Waals surface area contributed by atoms with Crippen LogP contribution in [0.3, 0.4) is 0 Å². The van der Waals surface area contributed by atoms with Gasteiger partial charge in [-0.3, -0.25) is 0 Å². The standard InChI is InChI=1S/C13H19N3O3/c1-4-11-9(5-6-17-11)13-15-12(16-19-13)10(14)7-18-8(2)3/h5-6,8,10H,4,7,14H2,1-3H3. The predicted molar refractivity (Wildman–Crippen MR) is 69.4 cm³/mol. The van der Waals surface area contributed by atoms with E-state index >= 15 is 0 Å². The van der Waals surface area contributed by atoms with Crippen LogP contribution in [0.25, 0.3) is 11.5 Å². The average molecular weight is 265 g/mol. The van der Waals surface area contributed by atoms with Gasteiger partial charge in [0, 0.05) is 6.42 Å². The molecule has 2 aromatic heterocycles. The molecule has 0 bridgehead atoms. The van der Waals surface area contributed by atoms with Crippen molar-refractivity contribution in [2.75, 3.05) is 6.61 Å². The Kier molecular flexibility index (Phi) is 4.34. The fraction of sp³-hybridized carbons (Fsp3) is 0.538. The van der Waals surface area contributed by atoms with Crippen LogP contribution in [0.2, 0.25) is 0 Å². The van der Waals surface area contributed by atoms with Gasteiger partial charge in [-0.2, -0.15) is 4.98 Å². The third-order valence-corrected chi connectivity index (χ3v) is 2.68. The monoisotopic (exact) mass is 265 g/mol. The molecule has 6 nitrogen and oxygen atoms in total. The Hall–Kier alpha value is -1.66. The van der Waals surface area contributed by atoms with E-state index in [1.54, 1.807) is 6.26 Å². The zero-order valence-corrected chi connectivity index (χ0v) is 11.4. The van der Waals surface area contributed by atoms with E-state index in [2.05, 4.69) is 10.1 Å². The molecular weight excluding hydrogens is 246 g/mol. The lowest BCUT2D eigenvalue weighted by atomic mass is 10.2. The summed E-state index contributed by atoms with van der Waals surface area (Å²) in [5, 5.41) is 3.89. The van der Waals surface area contributed by atoms with Gasteiger partial charge in [0.15, 0.2) is 5.82 Å². The minimum atomic E-state index is -0.392. The van der Waals surface area contributed by atoms with Gasteiger partial charge in [0.1, 0.15) is 5.76 Å². The largest absolute Gasteiger partial charge is 0.469 e. The average Bonchev–Trinajstić information content (AvgIpc) is 3.03. The Morgan fingerprint density at radius 3 is 2.89 bits per heavy atom. The van der Waals surface area contributed by atoms with Crippen molar-refractivity contribution in [1.29, 1.82) is 0 Å². The number of nitrogens with zero attached hydrogens (tertiary/aromatic N) is 2. The third-order valence-electron chi connectivity index (χ3n) is 2.68. The molecule has 2 rings (SSSR count). The molecule has 0 aliphatic rings. The zero-order valence-electron chi connectivity index (χ0n) is 11.4. The lowest BCUT2D eigenvalue weighted by Crippen LogP contribution is -2.20. The Morgan fingerprint density at radius 1 is 1.42 bits per heavy atom. The fourth-order valence-corrected chi connectivity index (χ4v) is 1.67. The molecule has 2 N–H and O–H groups in total. The van der Waals surface area contributed by atoms with Crippen LogP contribution in [0.5, 0.6) is 0 Å². The van der Waals surface area contributed by atoms with Crippen molar-refractivity contribution in [1.82, 2.24) is 10.1 Å². The lowest BCUT2D eigenvalue weighted by molar-refractivity contribution is 0.0665. The summed E-state index contributed by atoms with van der Waals surface area (Å²) < 4.78 is 16.0. The maximum atomic E-state index is 5.95. The highest BCUT2D eigenvalue weighted by Crippen LogP contribution is 2.24. The number of rotatable bonds is 6. The van der Waals surface area contributed by atoms with E-state index in [4.69, 9.17) is 19.4 Å². The zero-order chi connectivity index (χ0) is 13.8. The molecule has 0 aliphatic heterocycles. The van der Waals surface area contributed by atoms with E-state index in [1.807, 2.05) is 26.8 Å². The summed E-state index contributed by atoms with van der Waals surface area (Å²) in [5.74, 6) is 1.70. The number of furan rings is 1. The van der Waals surface area contributed by atoms with Crippen LogP contribution in [0.4, 0.5) is 0 Å². The first-order chi connectivity index (χ1) is 9.11. The molecule has 1 unspecified atom stereocenters. The molecule has 0 saturated heterocycles. The molecule has 19 heavy (non-hydrogen) atoms. The molecule has 0 aliphatic carbocycles. The van der Waals surface area contributed by atoms with E-state index in [0.29, 0.717) is 18.3 Å². The normalized spacial score (nSPS) is 13.1. The van der Waals surface area contributed by atoms with Crippen LogP contribution in [-0.4, -0.2) is 22.9 Å². The van der Waals surface area contributed by atoms with Gasteiger partial charge in [0.25, 0.3) is 5.89 Å². The molecule has 0 fully saturated rings. The van der Waals surface area contributed by atoms with Crippen LogP contribution in [0.1, 0.15) is 38.4 Å². The van der Waals surface area contributed by atoms with E-state index in [0.717, 1.165) is 17.7 Å². The van der Waals surface area contributed by atoms with Crippen LogP contribution < -0.4 is 5.73 Å². The SMILES string of the molecule is CCc1occc1-c1nc(C(N)COC(C)C)no1. The summed E-state index contributed by atoms with van der Waals surface area (Å²) in [6.45, 7) is 6.27. The van der Waals surface area contributed by atoms with Gasteiger partial charge in [-0.05, 0) is 19.9 Å². The van der Waals surface area contributed by atoms with Crippen molar-refractivity contribution in [3.05, 3.63) is 23.9 Å². The maximum absolute atomic E-state index is 5.95. The second-order valence-corrected chi connectivity index (χ2v) is 4.56. The minimum Gasteiger partial charge on any atom is -0.469 e. The summed E-state index contributed by atoms with van der Waals surface area (Å²) in [7, 11) is 0. The van der Waals surface area contributed by atoms with Crippen molar-refractivity contribution >= 4 is 0 Å².